The number of hydrogen-bond acceptors (Lipinski definition) is 5. The molecule has 11 heteroatoms. The van der Waals surface area contributed by atoms with Gasteiger partial charge in [-0.1, -0.05) is 78.9 Å². The molecule has 1 saturated carbocycles. The molecule has 3 aliphatic rings. The summed E-state index contributed by atoms with van der Waals surface area (Å²) >= 11 is 0. The number of fused-ring (bicyclic) bond motifs is 3. The van der Waals surface area contributed by atoms with Gasteiger partial charge in [0.2, 0.25) is 12.3 Å². The number of carbonyl (C=O) groups excluding carboxylic acids is 2. The molecule has 2 fully saturated rings. The summed E-state index contributed by atoms with van der Waals surface area (Å²) in [4.78, 5) is 34.1. The van der Waals surface area contributed by atoms with Crippen molar-refractivity contribution in [3.05, 3.63) is 137 Å². The fraction of sp³-hybridized carbons (Fsp3) is 0.289. The number of carbonyl (C=O) groups is 2. The summed E-state index contributed by atoms with van der Waals surface area (Å²) in [5.74, 6) is -2.30. The molecule has 2 amide bonds. The number of amides is 2. The smallest absolute Gasteiger partial charge is 0.351 e. The molecule has 0 aromatic heterocycles. The average molecular weight is 672 g/mol. The van der Waals surface area contributed by atoms with Crippen LogP contribution in [0.15, 0.2) is 108 Å². The highest BCUT2D eigenvalue weighted by atomic mass is 19.4. The summed E-state index contributed by atoms with van der Waals surface area (Å²) < 4.78 is 61.1. The highest BCUT2D eigenvalue weighted by molar-refractivity contribution is 6.14. The number of benzene rings is 4. The molecule has 252 valence electrons. The average Bonchev–Trinajstić information content (AvgIpc) is 3.77. The van der Waals surface area contributed by atoms with E-state index >= 15 is 0 Å². The highest BCUT2D eigenvalue weighted by Gasteiger charge is 2.67. The summed E-state index contributed by atoms with van der Waals surface area (Å²) in [7, 11) is 0. The number of ether oxygens (including phenoxy) is 1. The van der Waals surface area contributed by atoms with E-state index in [0.717, 1.165) is 59.2 Å². The zero-order chi connectivity index (χ0) is 34.6. The van der Waals surface area contributed by atoms with Crippen molar-refractivity contribution in [2.24, 2.45) is 4.99 Å². The Morgan fingerprint density at radius 1 is 0.959 bits per heavy atom. The molecule has 4 aromatic rings. The zero-order valence-electron chi connectivity index (χ0n) is 26.5. The molecule has 2 spiro atoms. The van der Waals surface area contributed by atoms with E-state index in [9.17, 15) is 32.3 Å². The molecule has 0 bridgehead atoms. The predicted molar refractivity (Wildman–Crippen MR) is 173 cm³/mol. The maximum atomic E-state index is 14.2. The van der Waals surface area contributed by atoms with Gasteiger partial charge in [0.25, 0.3) is 5.91 Å². The normalized spacial score (nSPS) is 21.1. The Morgan fingerprint density at radius 3 is 2.14 bits per heavy atom. The number of alkyl halides is 3. The maximum Gasteiger partial charge on any atom is 0.408 e. The fourth-order valence-electron chi connectivity index (χ4n) is 6.99. The van der Waals surface area contributed by atoms with Crippen molar-refractivity contribution in [1.29, 1.82) is 0 Å². The number of aliphatic imine (C=N–C) groups is 1. The van der Waals surface area contributed by atoms with E-state index < -0.39 is 60.4 Å². The van der Waals surface area contributed by atoms with Crippen molar-refractivity contribution >= 4 is 23.2 Å². The molecule has 7 rings (SSSR count). The van der Waals surface area contributed by atoms with E-state index in [1.54, 1.807) is 12.1 Å². The van der Waals surface area contributed by atoms with Crippen LogP contribution in [0.3, 0.4) is 0 Å². The van der Waals surface area contributed by atoms with E-state index in [-0.39, 0.29) is 12.0 Å². The Hall–Kier alpha value is -4.87. The maximum absolute atomic E-state index is 14.2. The first-order chi connectivity index (χ1) is 23.4. The lowest BCUT2D eigenvalue weighted by molar-refractivity contribution is -0.194. The molecule has 4 aromatic carbocycles. The van der Waals surface area contributed by atoms with E-state index in [1.165, 1.54) is 12.1 Å². The van der Waals surface area contributed by atoms with Gasteiger partial charge in [0.05, 0.1) is 11.4 Å². The topological polar surface area (TPSA) is 82.4 Å². The highest BCUT2D eigenvalue weighted by Crippen LogP contribution is 2.65. The fourth-order valence-corrected chi connectivity index (χ4v) is 6.99. The summed E-state index contributed by atoms with van der Waals surface area (Å²) in [5.41, 5.74) is 2.99. The zero-order valence-corrected chi connectivity index (χ0v) is 26.5. The van der Waals surface area contributed by atoms with E-state index in [4.69, 9.17) is 9.73 Å². The molecule has 1 aliphatic heterocycles. The van der Waals surface area contributed by atoms with Crippen LogP contribution in [0.25, 0.3) is 0 Å². The first-order valence-electron chi connectivity index (χ1n) is 16.0. The van der Waals surface area contributed by atoms with Gasteiger partial charge < -0.3 is 14.7 Å². The van der Waals surface area contributed by atoms with Gasteiger partial charge in [-0.2, -0.15) is 13.2 Å². The Labute approximate surface area is 280 Å². The van der Waals surface area contributed by atoms with Gasteiger partial charge in [-0.05, 0) is 72.6 Å². The number of aliphatic hydroxyl groups is 1. The van der Waals surface area contributed by atoms with Crippen molar-refractivity contribution in [1.82, 2.24) is 9.80 Å². The van der Waals surface area contributed by atoms with Crippen LogP contribution < -0.4 is 0 Å². The summed E-state index contributed by atoms with van der Waals surface area (Å²) in [6.07, 6.45) is -4.85. The standard InChI is InChI=1S/C38H33F4N3O4/c1-24(38(40,41)42)44(21-25-12-14-28(39)15-13-25)32(46)22-45-34(47)37(49-35(45)48)23-36(18-19-36)31-20-29(16-17-30(31)37)43-33(26-8-4-2-5-9-26)27-10-6-3-7-11-27/h2-17,20,24,35,48H,18-19,21-23H2,1H3/t24-,35?,37?/m0/s1. The van der Waals surface area contributed by atoms with Crippen molar-refractivity contribution in [2.75, 3.05) is 6.54 Å². The van der Waals surface area contributed by atoms with Gasteiger partial charge in [-0.25, -0.2) is 9.38 Å². The lowest BCUT2D eigenvalue weighted by Crippen LogP contribution is -2.51. The molecule has 1 heterocycles. The van der Waals surface area contributed by atoms with Gasteiger partial charge >= 0.3 is 6.18 Å². The van der Waals surface area contributed by atoms with Crippen LogP contribution in [0.4, 0.5) is 23.2 Å². The van der Waals surface area contributed by atoms with Crippen molar-refractivity contribution in [3.8, 4) is 0 Å². The van der Waals surface area contributed by atoms with Gasteiger partial charge in [-0.15, -0.1) is 0 Å². The number of nitrogens with zero attached hydrogens (tertiary/aromatic N) is 3. The van der Waals surface area contributed by atoms with Gasteiger partial charge in [0, 0.05) is 17.7 Å². The molecular weight excluding hydrogens is 638 g/mol. The second-order valence-electron chi connectivity index (χ2n) is 12.9. The van der Waals surface area contributed by atoms with Crippen molar-refractivity contribution in [2.45, 2.75) is 62.4 Å². The van der Waals surface area contributed by atoms with Gasteiger partial charge in [0.1, 0.15) is 18.4 Å². The summed E-state index contributed by atoms with van der Waals surface area (Å²) in [5, 5.41) is 11.0. The van der Waals surface area contributed by atoms with Crippen molar-refractivity contribution in [3.63, 3.8) is 0 Å². The summed E-state index contributed by atoms with van der Waals surface area (Å²) in [6, 6.07) is 27.6. The number of halogens is 4. The van der Waals surface area contributed by atoms with Crippen LogP contribution in [0.2, 0.25) is 0 Å². The van der Waals surface area contributed by atoms with E-state index in [1.807, 2.05) is 66.7 Å². The van der Waals surface area contributed by atoms with Crippen LogP contribution >= 0.6 is 0 Å². The molecular formula is C38H33F4N3O4. The summed E-state index contributed by atoms with van der Waals surface area (Å²) in [6.45, 7) is -0.481. The van der Waals surface area contributed by atoms with Gasteiger partial charge in [-0.3, -0.25) is 14.5 Å². The SMILES string of the molecule is C[C@H](N(Cc1ccc(F)cc1)C(=O)CN1C(=O)C2(CC3(CC3)c3cc(N=C(c4ccccc4)c4ccccc4)ccc32)OC1O)C(F)(F)F. The molecule has 1 N–H and O–H groups in total. The predicted octanol–water partition coefficient (Wildman–Crippen LogP) is 6.74. The molecule has 49 heavy (non-hydrogen) atoms. The third-order valence-electron chi connectivity index (χ3n) is 9.80. The number of rotatable bonds is 8. The minimum atomic E-state index is -4.77. The van der Waals surface area contributed by atoms with Crippen LogP contribution in [0, 0.1) is 5.82 Å². The van der Waals surface area contributed by atoms with Crippen LogP contribution in [0.1, 0.15) is 54.0 Å². The molecule has 2 unspecified atom stereocenters. The quantitative estimate of drug-likeness (QED) is 0.166. The Bertz CT molecular complexity index is 1870. The molecule has 7 nitrogen and oxygen atoms in total. The molecule has 0 radical (unpaired) electrons. The largest absolute Gasteiger partial charge is 0.408 e. The first-order valence-corrected chi connectivity index (χ1v) is 16.0. The number of hydrogen-bond donors (Lipinski definition) is 1. The third-order valence-corrected chi connectivity index (χ3v) is 9.80. The Balaban J connectivity index is 1.19. The molecule has 3 atom stereocenters. The Morgan fingerprint density at radius 2 is 1.57 bits per heavy atom. The molecule has 1 saturated heterocycles. The second-order valence-corrected chi connectivity index (χ2v) is 12.9. The van der Waals surface area contributed by atoms with Crippen LogP contribution in [-0.2, 0) is 31.9 Å². The van der Waals surface area contributed by atoms with E-state index in [2.05, 4.69) is 0 Å². The van der Waals surface area contributed by atoms with Crippen LogP contribution in [0.5, 0.6) is 0 Å². The minimum absolute atomic E-state index is 0.228. The number of aliphatic hydroxyl groups excluding tert-OH is 1. The van der Waals surface area contributed by atoms with E-state index in [0.29, 0.717) is 16.2 Å². The Kier molecular flexibility index (Phi) is 8.15. The first kappa shape index (κ1) is 32.7. The molecule has 2 aliphatic carbocycles. The minimum Gasteiger partial charge on any atom is -0.351 e. The lowest BCUT2D eigenvalue weighted by Gasteiger charge is -2.32. The van der Waals surface area contributed by atoms with Crippen LogP contribution in [-0.4, -0.2) is 57.6 Å². The second kappa shape index (κ2) is 12.2. The van der Waals surface area contributed by atoms with Gasteiger partial charge in [0.15, 0.2) is 5.60 Å². The van der Waals surface area contributed by atoms with Crippen molar-refractivity contribution < 1.29 is 37.0 Å². The third kappa shape index (κ3) is 6.02. The monoisotopic (exact) mass is 671 g/mol. The lowest BCUT2D eigenvalue weighted by atomic mass is 9.94.